The monoisotopic (exact) mass is 442 g/mol. The number of benzene rings is 1. The third-order valence-corrected chi connectivity index (χ3v) is 6.37. The van der Waals surface area contributed by atoms with E-state index >= 15 is 0 Å². The number of nitrogens with zero attached hydrogens (tertiary/aromatic N) is 4. The molecular weight excluding hydrogens is 411 g/mol. The van der Waals surface area contributed by atoms with Gasteiger partial charge in [-0.2, -0.15) is 0 Å². The van der Waals surface area contributed by atoms with Gasteiger partial charge in [0.1, 0.15) is 5.82 Å². The number of aromatic nitrogens is 1. The van der Waals surface area contributed by atoms with Gasteiger partial charge in [0.15, 0.2) is 0 Å². The Bertz CT molecular complexity index is 961. The number of hydrogen-bond acceptors (Lipinski definition) is 5. The van der Waals surface area contributed by atoms with Crippen LogP contribution in [0, 0.1) is 11.7 Å². The average molecular weight is 443 g/mol. The van der Waals surface area contributed by atoms with Crippen molar-refractivity contribution in [1.82, 2.24) is 14.8 Å². The first-order valence-corrected chi connectivity index (χ1v) is 11.6. The number of ether oxygens (including phenoxy) is 1. The van der Waals surface area contributed by atoms with Crippen molar-refractivity contribution >= 4 is 28.6 Å². The number of hydrogen-bond donors (Lipinski definition) is 0. The van der Waals surface area contributed by atoms with Crippen LogP contribution in [-0.2, 0) is 9.53 Å². The zero-order valence-electron chi connectivity index (χ0n) is 18.6. The first-order valence-electron chi connectivity index (χ1n) is 11.6. The number of fused-ring (bicyclic) bond motifs is 1. The molecule has 7 nitrogen and oxygen atoms in total. The van der Waals surface area contributed by atoms with Crippen LogP contribution in [-0.4, -0.2) is 72.7 Å². The molecule has 1 aromatic heterocycles. The lowest BCUT2D eigenvalue weighted by molar-refractivity contribution is -0.137. The van der Waals surface area contributed by atoms with Gasteiger partial charge in [0.05, 0.1) is 18.0 Å². The van der Waals surface area contributed by atoms with E-state index in [1.54, 1.807) is 17.2 Å². The molecule has 2 aliphatic rings. The number of piperazine rings is 1. The van der Waals surface area contributed by atoms with Gasteiger partial charge in [0.2, 0.25) is 5.91 Å². The Balaban J connectivity index is 1.34. The maximum Gasteiger partial charge on any atom is 0.409 e. The Hall–Kier alpha value is -2.90. The summed E-state index contributed by atoms with van der Waals surface area (Å²) in [6, 6.07) is 6.61. The minimum atomic E-state index is -0.304. The summed E-state index contributed by atoms with van der Waals surface area (Å²) in [6.07, 6.45) is 4.85. The van der Waals surface area contributed by atoms with Crippen molar-refractivity contribution < 1.29 is 18.7 Å². The predicted molar refractivity (Wildman–Crippen MR) is 121 cm³/mol. The van der Waals surface area contributed by atoms with Crippen molar-refractivity contribution in [3.8, 4) is 0 Å². The molecule has 172 valence electrons. The number of anilines is 1. The highest BCUT2D eigenvalue weighted by Gasteiger charge is 2.33. The fourth-order valence-corrected chi connectivity index (χ4v) is 4.55. The smallest absolute Gasteiger partial charge is 0.409 e. The van der Waals surface area contributed by atoms with Crippen molar-refractivity contribution in [2.45, 2.75) is 32.6 Å². The molecule has 4 rings (SSSR count). The fraction of sp³-hybridized carbons (Fsp3) is 0.542. The minimum absolute atomic E-state index is 0.123. The highest BCUT2D eigenvalue weighted by Crippen LogP contribution is 2.27. The van der Waals surface area contributed by atoms with Crippen LogP contribution in [0.5, 0.6) is 0 Å². The largest absolute Gasteiger partial charge is 0.449 e. The predicted octanol–water partition coefficient (Wildman–Crippen LogP) is 3.67. The molecule has 0 N–H and O–H groups in total. The first-order chi connectivity index (χ1) is 15.6. The molecule has 2 aromatic rings. The maximum absolute atomic E-state index is 13.6. The van der Waals surface area contributed by atoms with Crippen LogP contribution in [0.25, 0.3) is 10.9 Å². The molecule has 0 aliphatic carbocycles. The van der Waals surface area contributed by atoms with Gasteiger partial charge in [-0.15, -0.1) is 0 Å². The van der Waals surface area contributed by atoms with E-state index < -0.39 is 0 Å². The standard InChI is InChI=1S/C24H31FN4O3/c1-2-3-15-32-24(31)29-10-4-5-18(17-29)23(30)28-13-11-27(12-14-28)22-8-9-26-21-16-19(25)6-7-20(21)22/h6-9,16,18H,2-5,10-15,17H2,1H3. The third kappa shape index (κ3) is 4.95. The molecule has 3 heterocycles. The van der Waals surface area contributed by atoms with Gasteiger partial charge in [-0.1, -0.05) is 13.3 Å². The van der Waals surface area contributed by atoms with Crippen molar-refractivity contribution in [1.29, 1.82) is 0 Å². The molecule has 2 saturated heterocycles. The van der Waals surface area contributed by atoms with Crippen LogP contribution in [0.2, 0.25) is 0 Å². The summed E-state index contributed by atoms with van der Waals surface area (Å²) < 4.78 is 18.9. The van der Waals surface area contributed by atoms with Crippen LogP contribution in [0.15, 0.2) is 30.5 Å². The molecule has 0 radical (unpaired) electrons. The summed E-state index contributed by atoms with van der Waals surface area (Å²) in [7, 11) is 0. The lowest BCUT2D eigenvalue weighted by atomic mass is 9.96. The van der Waals surface area contributed by atoms with Gasteiger partial charge >= 0.3 is 6.09 Å². The van der Waals surface area contributed by atoms with Gasteiger partial charge < -0.3 is 19.4 Å². The fourth-order valence-electron chi connectivity index (χ4n) is 4.55. The topological polar surface area (TPSA) is 66.0 Å². The Morgan fingerprint density at radius 1 is 1.12 bits per heavy atom. The first kappa shape index (κ1) is 22.3. The quantitative estimate of drug-likeness (QED) is 0.661. The van der Waals surface area contributed by atoms with Crippen LogP contribution < -0.4 is 4.90 Å². The third-order valence-electron chi connectivity index (χ3n) is 6.37. The number of amides is 2. The SMILES string of the molecule is CCCCOC(=O)N1CCCC(C(=O)N2CCN(c3ccnc4cc(F)ccc34)CC2)C1. The van der Waals surface area contributed by atoms with Crippen LogP contribution in [0.3, 0.4) is 0 Å². The molecule has 0 bridgehead atoms. The van der Waals surface area contributed by atoms with Gasteiger partial charge in [0.25, 0.3) is 0 Å². The van der Waals surface area contributed by atoms with E-state index in [-0.39, 0.29) is 23.7 Å². The number of likely N-dealkylation sites (tertiary alicyclic amines) is 1. The Labute approximate surface area is 188 Å². The lowest BCUT2D eigenvalue weighted by Crippen LogP contribution is -2.53. The highest BCUT2D eigenvalue weighted by molar-refractivity contribution is 5.91. The normalized spacial score (nSPS) is 19.3. The van der Waals surface area contributed by atoms with Crippen molar-refractivity contribution in [3.05, 3.63) is 36.3 Å². The molecule has 2 aliphatic heterocycles. The van der Waals surface area contributed by atoms with E-state index in [0.717, 1.165) is 36.8 Å². The van der Waals surface area contributed by atoms with E-state index in [4.69, 9.17) is 4.74 Å². The van der Waals surface area contributed by atoms with Crippen LogP contribution >= 0.6 is 0 Å². The minimum Gasteiger partial charge on any atom is -0.449 e. The van der Waals surface area contributed by atoms with E-state index in [2.05, 4.69) is 16.8 Å². The number of pyridine rings is 1. The molecule has 1 atom stereocenters. The average Bonchev–Trinajstić information content (AvgIpc) is 2.83. The molecule has 0 spiro atoms. The van der Waals surface area contributed by atoms with Gasteiger partial charge in [-0.3, -0.25) is 9.78 Å². The zero-order valence-corrected chi connectivity index (χ0v) is 18.6. The van der Waals surface area contributed by atoms with E-state index in [0.29, 0.717) is 51.4 Å². The summed E-state index contributed by atoms with van der Waals surface area (Å²) in [6.45, 7) is 6.24. The Morgan fingerprint density at radius 3 is 2.72 bits per heavy atom. The number of unbranched alkanes of at least 4 members (excludes halogenated alkanes) is 1. The van der Waals surface area contributed by atoms with Crippen LogP contribution in [0.1, 0.15) is 32.6 Å². The zero-order chi connectivity index (χ0) is 22.5. The molecule has 2 fully saturated rings. The van der Waals surface area contributed by atoms with E-state index in [9.17, 15) is 14.0 Å². The lowest BCUT2D eigenvalue weighted by Gasteiger charge is -2.39. The maximum atomic E-state index is 13.6. The molecule has 2 amide bonds. The summed E-state index contributed by atoms with van der Waals surface area (Å²) in [5.41, 5.74) is 1.65. The van der Waals surface area contributed by atoms with E-state index in [1.165, 1.54) is 12.1 Å². The number of halogens is 1. The van der Waals surface area contributed by atoms with Crippen molar-refractivity contribution in [2.24, 2.45) is 5.92 Å². The molecule has 8 heteroatoms. The molecular formula is C24H31FN4O3. The van der Waals surface area contributed by atoms with Gasteiger partial charge in [0, 0.05) is 62.6 Å². The number of carbonyl (C=O) groups excluding carboxylic acids is 2. The second-order valence-corrected chi connectivity index (χ2v) is 8.56. The summed E-state index contributed by atoms with van der Waals surface area (Å²) >= 11 is 0. The second kappa shape index (κ2) is 10.1. The number of piperidine rings is 1. The summed E-state index contributed by atoms with van der Waals surface area (Å²) in [5, 5.41) is 0.915. The van der Waals surface area contributed by atoms with Crippen LogP contribution in [0.4, 0.5) is 14.9 Å². The second-order valence-electron chi connectivity index (χ2n) is 8.56. The molecule has 1 aromatic carbocycles. The highest BCUT2D eigenvalue weighted by atomic mass is 19.1. The van der Waals surface area contributed by atoms with Crippen molar-refractivity contribution in [3.63, 3.8) is 0 Å². The van der Waals surface area contributed by atoms with Gasteiger partial charge in [-0.25, -0.2) is 9.18 Å². The number of carbonyl (C=O) groups is 2. The summed E-state index contributed by atoms with van der Waals surface area (Å²) in [5.74, 6) is -0.343. The molecule has 32 heavy (non-hydrogen) atoms. The Morgan fingerprint density at radius 2 is 1.94 bits per heavy atom. The van der Waals surface area contributed by atoms with Gasteiger partial charge in [-0.05, 0) is 37.5 Å². The molecule has 1 unspecified atom stereocenters. The Kier molecular flexibility index (Phi) is 7.07. The number of rotatable bonds is 5. The van der Waals surface area contributed by atoms with E-state index in [1.807, 2.05) is 11.0 Å². The van der Waals surface area contributed by atoms with Crippen molar-refractivity contribution in [2.75, 3.05) is 50.8 Å². The summed E-state index contributed by atoms with van der Waals surface area (Å²) in [4.78, 5) is 35.5. The molecule has 0 saturated carbocycles.